The van der Waals surface area contributed by atoms with E-state index >= 15 is 0 Å². The van der Waals surface area contributed by atoms with Gasteiger partial charge in [-0.2, -0.15) is 5.10 Å². The van der Waals surface area contributed by atoms with E-state index in [0.29, 0.717) is 0 Å². The van der Waals surface area contributed by atoms with E-state index in [2.05, 4.69) is 39.5 Å². The molecule has 1 aliphatic carbocycles. The third-order valence-electron chi connectivity index (χ3n) is 6.73. The van der Waals surface area contributed by atoms with Crippen molar-refractivity contribution in [2.24, 2.45) is 0 Å². The molecule has 6 heteroatoms. The van der Waals surface area contributed by atoms with Gasteiger partial charge in [-0.15, -0.1) is 0 Å². The van der Waals surface area contributed by atoms with Crippen molar-refractivity contribution in [2.45, 2.75) is 84.7 Å². The fourth-order valence-corrected chi connectivity index (χ4v) is 4.97. The van der Waals surface area contributed by atoms with Crippen LogP contribution in [-0.4, -0.2) is 62.7 Å². The van der Waals surface area contributed by atoms with E-state index in [1.165, 1.54) is 25.7 Å². The molecule has 1 amide bonds. The summed E-state index contributed by atoms with van der Waals surface area (Å²) in [6.07, 6.45) is 5.35. The van der Waals surface area contributed by atoms with E-state index < -0.39 is 0 Å². The van der Waals surface area contributed by atoms with E-state index in [1.807, 2.05) is 22.6 Å². The zero-order valence-corrected chi connectivity index (χ0v) is 19.5. The molecule has 0 bridgehead atoms. The number of amides is 1. The monoisotopic (exact) mass is 411 g/mol. The molecular formula is C24H37N5O. The van der Waals surface area contributed by atoms with Gasteiger partial charge in [0.05, 0.1) is 22.2 Å². The molecule has 1 aliphatic heterocycles. The summed E-state index contributed by atoms with van der Waals surface area (Å²) < 4.78 is 1.98. The predicted octanol–water partition coefficient (Wildman–Crippen LogP) is 4.32. The minimum absolute atomic E-state index is 0.131. The number of aromatic nitrogens is 3. The van der Waals surface area contributed by atoms with Crippen LogP contribution in [0.5, 0.6) is 0 Å². The van der Waals surface area contributed by atoms with Gasteiger partial charge in [0.15, 0.2) is 5.65 Å². The molecule has 30 heavy (non-hydrogen) atoms. The molecule has 2 aliphatic rings. The zero-order chi connectivity index (χ0) is 21.6. The number of piperazine rings is 1. The maximum atomic E-state index is 13.7. The lowest BCUT2D eigenvalue weighted by molar-refractivity contribution is 0.0575. The Kier molecular flexibility index (Phi) is 5.64. The lowest BCUT2D eigenvalue weighted by atomic mass is 10.0. The predicted molar refractivity (Wildman–Crippen MR) is 121 cm³/mol. The van der Waals surface area contributed by atoms with Crippen LogP contribution in [0.25, 0.3) is 11.0 Å². The van der Waals surface area contributed by atoms with Gasteiger partial charge in [-0.05, 0) is 52.5 Å². The van der Waals surface area contributed by atoms with Gasteiger partial charge in [0.2, 0.25) is 0 Å². The Labute approximate surface area is 180 Å². The fraction of sp³-hybridized carbons (Fsp3) is 0.708. The highest BCUT2D eigenvalue weighted by atomic mass is 16.2. The Morgan fingerprint density at radius 2 is 1.73 bits per heavy atom. The van der Waals surface area contributed by atoms with Crippen molar-refractivity contribution in [3.63, 3.8) is 0 Å². The van der Waals surface area contributed by atoms with Crippen molar-refractivity contribution in [3.8, 4) is 0 Å². The highest BCUT2D eigenvalue weighted by molar-refractivity contribution is 6.06. The van der Waals surface area contributed by atoms with Gasteiger partial charge in [-0.25, -0.2) is 9.67 Å². The summed E-state index contributed by atoms with van der Waals surface area (Å²) in [6.45, 7) is 16.2. The molecule has 164 valence electrons. The fourth-order valence-electron chi connectivity index (χ4n) is 4.97. The summed E-state index contributed by atoms with van der Waals surface area (Å²) in [6, 6.07) is 2.75. The summed E-state index contributed by atoms with van der Waals surface area (Å²) in [5.41, 5.74) is 3.25. The molecule has 0 unspecified atom stereocenters. The molecule has 0 aromatic carbocycles. The zero-order valence-electron chi connectivity index (χ0n) is 19.5. The van der Waals surface area contributed by atoms with Crippen molar-refractivity contribution in [3.05, 3.63) is 23.0 Å². The number of aryl methyl sites for hydroxylation is 1. The lowest BCUT2D eigenvalue weighted by Crippen LogP contribution is -2.51. The van der Waals surface area contributed by atoms with E-state index in [9.17, 15) is 4.79 Å². The van der Waals surface area contributed by atoms with Crippen LogP contribution in [-0.2, 0) is 5.54 Å². The molecule has 0 spiro atoms. The smallest absolute Gasteiger partial charge is 0.254 e. The van der Waals surface area contributed by atoms with Crippen LogP contribution in [0.1, 0.15) is 88.0 Å². The molecule has 1 saturated carbocycles. The van der Waals surface area contributed by atoms with Crippen molar-refractivity contribution in [1.82, 2.24) is 24.6 Å². The molecule has 4 rings (SSSR count). The number of hydrogen-bond donors (Lipinski definition) is 0. The Bertz CT molecular complexity index is 925. The van der Waals surface area contributed by atoms with Crippen LogP contribution in [0, 0.1) is 6.92 Å². The molecule has 2 aromatic rings. The van der Waals surface area contributed by atoms with Gasteiger partial charge < -0.3 is 4.90 Å². The Morgan fingerprint density at radius 3 is 2.30 bits per heavy atom. The first kappa shape index (κ1) is 21.3. The molecule has 2 aromatic heterocycles. The van der Waals surface area contributed by atoms with E-state index in [1.54, 1.807) is 0 Å². The highest BCUT2D eigenvalue weighted by Crippen LogP contribution is 2.30. The maximum Gasteiger partial charge on any atom is 0.254 e. The number of carbonyl (C=O) groups is 1. The van der Waals surface area contributed by atoms with Gasteiger partial charge >= 0.3 is 0 Å². The maximum absolute atomic E-state index is 13.7. The summed E-state index contributed by atoms with van der Waals surface area (Å²) >= 11 is 0. The van der Waals surface area contributed by atoms with Gasteiger partial charge in [0.25, 0.3) is 5.91 Å². The number of rotatable bonds is 3. The normalized spacial score (nSPS) is 19.4. The Balaban J connectivity index is 1.67. The third-order valence-corrected chi connectivity index (χ3v) is 6.73. The standard InChI is InChI=1S/C24H37N5O/c1-16(2)20-15-19(21-17(3)26-29(22(21)25-20)24(4,5)6)23(30)28-13-11-27(12-14-28)18-9-7-8-10-18/h15-16,18H,7-14H2,1-6H3. The Hall–Kier alpha value is -1.95. The van der Waals surface area contributed by atoms with Gasteiger partial charge in [-0.1, -0.05) is 26.7 Å². The molecule has 0 N–H and O–H groups in total. The summed E-state index contributed by atoms with van der Waals surface area (Å²) in [4.78, 5) is 23.2. The van der Waals surface area contributed by atoms with Crippen molar-refractivity contribution < 1.29 is 4.79 Å². The second-order valence-electron chi connectivity index (χ2n) is 10.4. The highest BCUT2D eigenvalue weighted by Gasteiger charge is 2.31. The minimum Gasteiger partial charge on any atom is -0.336 e. The molecule has 3 heterocycles. The molecule has 1 saturated heterocycles. The van der Waals surface area contributed by atoms with Gasteiger partial charge in [-0.3, -0.25) is 9.69 Å². The lowest BCUT2D eigenvalue weighted by Gasteiger charge is -2.38. The van der Waals surface area contributed by atoms with Crippen LogP contribution in [0.15, 0.2) is 6.07 Å². The van der Waals surface area contributed by atoms with E-state index in [4.69, 9.17) is 10.1 Å². The van der Waals surface area contributed by atoms with Crippen LogP contribution < -0.4 is 0 Å². The second kappa shape index (κ2) is 7.95. The summed E-state index contributed by atoms with van der Waals surface area (Å²) in [7, 11) is 0. The molecular weight excluding hydrogens is 374 g/mol. The SMILES string of the molecule is Cc1nn(C(C)(C)C)c2nc(C(C)C)cc(C(=O)N3CCN(C4CCCC4)CC3)c12. The minimum atomic E-state index is -0.192. The van der Waals surface area contributed by atoms with Crippen molar-refractivity contribution >= 4 is 16.9 Å². The molecule has 0 atom stereocenters. The third kappa shape index (κ3) is 3.86. The number of carbonyl (C=O) groups excluding carboxylic acids is 1. The topological polar surface area (TPSA) is 54.3 Å². The Morgan fingerprint density at radius 1 is 1.10 bits per heavy atom. The van der Waals surface area contributed by atoms with Crippen LogP contribution in [0.4, 0.5) is 0 Å². The average Bonchev–Trinajstić information content (AvgIpc) is 3.35. The summed E-state index contributed by atoms with van der Waals surface area (Å²) in [5.74, 6) is 0.385. The van der Waals surface area contributed by atoms with E-state index in [0.717, 1.165) is 60.2 Å². The molecule has 2 fully saturated rings. The average molecular weight is 412 g/mol. The van der Waals surface area contributed by atoms with Crippen LogP contribution in [0.3, 0.4) is 0 Å². The first-order valence-corrected chi connectivity index (χ1v) is 11.6. The van der Waals surface area contributed by atoms with Gasteiger partial charge in [0.1, 0.15) is 0 Å². The summed E-state index contributed by atoms with van der Waals surface area (Å²) in [5, 5.41) is 5.70. The second-order valence-corrected chi connectivity index (χ2v) is 10.4. The van der Waals surface area contributed by atoms with Crippen LogP contribution in [0.2, 0.25) is 0 Å². The number of nitrogens with zero attached hydrogens (tertiary/aromatic N) is 5. The van der Waals surface area contributed by atoms with Crippen molar-refractivity contribution in [2.75, 3.05) is 26.2 Å². The van der Waals surface area contributed by atoms with E-state index in [-0.39, 0.29) is 17.4 Å². The number of hydrogen-bond acceptors (Lipinski definition) is 4. The quantitative estimate of drug-likeness (QED) is 0.755. The first-order valence-electron chi connectivity index (χ1n) is 11.6. The largest absolute Gasteiger partial charge is 0.336 e. The molecule has 0 radical (unpaired) electrons. The van der Waals surface area contributed by atoms with Crippen LogP contribution >= 0.6 is 0 Å². The number of fused-ring (bicyclic) bond motifs is 1. The first-order chi connectivity index (χ1) is 14.2. The molecule has 6 nitrogen and oxygen atoms in total. The van der Waals surface area contributed by atoms with Gasteiger partial charge in [0, 0.05) is 37.9 Å². The van der Waals surface area contributed by atoms with Crippen molar-refractivity contribution in [1.29, 1.82) is 0 Å². The number of pyridine rings is 1.